The van der Waals surface area contributed by atoms with Crippen LogP contribution in [0.15, 0.2) is 72.8 Å². The third kappa shape index (κ3) is 9.26. The molecule has 3 atom stereocenters. The highest BCUT2D eigenvalue weighted by atomic mass is 16.5. The molecule has 2 aliphatic rings. The van der Waals surface area contributed by atoms with Crippen molar-refractivity contribution in [3.63, 3.8) is 0 Å². The van der Waals surface area contributed by atoms with Gasteiger partial charge in [-0.3, -0.25) is 19.2 Å². The molecule has 2 N–H and O–H groups in total. The Bertz CT molecular complexity index is 1650. The SMILES string of the molecule is COc1ccc([C@H]2Oc3ccc4cc3[C@@H]2C(=O)N(CCCNC(=O)c2ccccc2)CCCCN(C(C)=O)CCCN(C(C)=O)[C@H]4CCO)cc1. The van der Waals surface area contributed by atoms with E-state index in [1.54, 1.807) is 36.0 Å². The van der Waals surface area contributed by atoms with Crippen molar-refractivity contribution in [1.82, 2.24) is 20.0 Å². The molecule has 3 aromatic rings. The quantitative estimate of drug-likeness (QED) is 0.306. The number of amides is 4. The largest absolute Gasteiger partial charge is 0.497 e. The minimum atomic E-state index is -0.686. The Morgan fingerprint density at radius 1 is 0.882 bits per heavy atom. The average molecular weight is 699 g/mol. The van der Waals surface area contributed by atoms with E-state index in [-0.39, 0.29) is 30.2 Å². The molecule has 11 heteroatoms. The first-order valence-electron chi connectivity index (χ1n) is 17.9. The normalized spacial score (nSPS) is 19.7. The number of carbonyl (C=O) groups is 4. The topological polar surface area (TPSA) is 129 Å². The van der Waals surface area contributed by atoms with E-state index in [0.29, 0.717) is 88.4 Å². The van der Waals surface area contributed by atoms with Gasteiger partial charge in [0.15, 0.2) is 0 Å². The van der Waals surface area contributed by atoms with Crippen molar-refractivity contribution in [2.75, 3.05) is 53.0 Å². The van der Waals surface area contributed by atoms with Crippen molar-refractivity contribution in [1.29, 1.82) is 0 Å². The lowest BCUT2D eigenvalue weighted by Crippen LogP contribution is -2.40. The molecule has 0 aliphatic carbocycles. The Labute approximate surface area is 300 Å². The van der Waals surface area contributed by atoms with Gasteiger partial charge >= 0.3 is 0 Å². The summed E-state index contributed by atoms with van der Waals surface area (Å²) in [5.74, 6) is 0.175. The van der Waals surface area contributed by atoms with Gasteiger partial charge in [0, 0.05) is 70.8 Å². The fourth-order valence-electron chi connectivity index (χ4n) is 7.12. The summed E-state index contributed by atoms with van der Waals surface area (Å²) in [4.78, 5) is 58.6. The van der Waals surface area contributed by atoms with Gasteiger partial charge in [-0.15, -0.1) is 0 Å². The maximum absolute atomic E-state index is 14.9. The van der Waals surface area contributed by atoms with Gasteiger partial charge in [0.1, 0.15) is 23.5 Å². The second-order valence-electron chi connectivity index (χ2n) is 13.2. The number of rotatable bonds is 9. The highest BCUT2D eigenvalue weighted by molar-refractivity contribution is 5.94. The number of fused-ring (bicyclic) bond motifs is 1. The summed E-state index contributed by atoms with van der Waals surface area (Å²) >= 11 is 0. The number of ether oxygens (including phenoxy) is 2. The summed E-state index contributed by atoms with van der Waals surface area (Å²) in [6.07, 6.45) is 2.22. The van der Waals surface area contributed by atoms with Crippen LogP contribution in [0.1, 0.15) is 91.1 Å². The van der Waals surface area contributed by atoms with Gasteiger partial charge in [-0.25, -0.2) is 0 Å². The van der Waals surface area contributed by atoms with Crippen LogP contribution in [0, 0.1) is 0 Å². The van der Waals surface area contributed by atoms with Crippen LogP contribution in [-0.2, 0) is 14.4 Å². The van der Waals surface area contributed by atoms with Gasteiger partial charge in [0.05, 0.1) is 13.2 Å². The number of hydrogen-bond donors (Lipinski definition) is 2. The van der Waals surface area contributed by atoms with Crippen LogP contribution >= 0.6 is 0 Å². The molecule has 51 heavy (non-hydrogen) atoms. The Hall–Kier alpha value is -4.90. The Morgan fingerprint density at radius 2 is 1.59 bits per heavy atom. The first kappa shape index (κ1) is 37.4. The van der Waals surface area contributed by atoms with Crippen molar-refractivity contribution in [2.24, 2.45) is 0 Å². The number of methoxy groups -OCH3 is 1. The fourth-order valence-corrected chi connectivity index (χ4v) is 7.12. The maximum Gasteiger partial charge on any atom is 0.251 e. The molecular weight excluding hydrogens is 648 g/mol. The zero-order valence-corrected chi connectivity index (χ0v) is 29.9. The number of nitrogens with one attached hydrogen (secondary N) is 1. The molecule has 0 unspecified atom stereocenters. The molecular formula is C40H50N4O7. The molecule has 2 bridgehead atoms. The smallest absolute Gasteiger partial charge is 0.251 e. The van der Waals surface area contributed by atoms with E-state index in [1.165, 1.54) is 6.92 Å². The third-order valence-electron chi connectivity index (χ3n) is 9.82. The Balaban J connectivity index is 1.50. The maximum atomic E-state index is 14.9. The molecule has 0 saturated carbocycles. The Kier molecular flexibility index (Phi) is 13.1. The molecule has 0 radical (unpaired) electrons. The van der Waals surface area contributed by atoms with Crippen LogP contribution in [0.3, 0.4) is 0 Å². The van der Waals surface area contributed by atoms with Gasteiger partial charge in [-0.05, 0) is 79.6 Å². The van der Waals surface area contributed by atoms with Crippen LogP contribution in [-0.4, -0.2) is 96.4 Å². The van der Waals surface area contributed by atoms with Crippen molar-refractivity contribution < 1.29 is 33.8 Å². The fraction of sp³-hybridized carbons (Fsp3) is 0.450. The molecule has 3 aromatic carbocycles. The highest BCUT2D eigenvalue weighted by Gasteiger charge is 2.43. The number of hydrogen-bond acceptors (Lipinski definition) is 7. The minimum Gasteiger partial charge on any atom is -0.497 e. The van der Waals surface area contributed by atoms with Crippen LogP contribution in [0.5, 0.6) is 11.5 Å². The summed E-state index contributed by atoms with van der Waals surface area (Å²) in [5.41, 5.74) is 2.95. The molecule has 5 rings (SSSR count). The second kappa shape index (κ2) is 17.8. The van der Waals surface area contributed by atoms with Crippen molar-refractivity contribution >= 4 is 23.6 Å². The van der Waals surface area contributed by atoms with E-state index in [9.17, 15) is 24.3 Å². The second-order valence-corrected chi connectivity index (χ2v) is 13.2. The van der Waals surface area contributed by atoms with Crippen LogP contribution in [0.25, 0.3) is 0 Å². The predicted octanol–water partition coefficient (Wildman–Crippen LogP) is 4.87. The van der Waals surface area contributed by atoms with Crippen LogP contribution in [0.4, 0.5) is 0 Å². The summed E-state index contributed by atoms with van der Waals surface area (Å²) in [6.45, 7) is 5.68. The molecule has 0 spiro atoms. The zero-order valence-electron chi connectivity index (χ0n) is 29.9. The first-order chi connectivity index (χ1) is 24.7. The van der Waals surface area contributed by atoms with Gasteiger partial charge in [0.2, 0.25) is 17.7 Å². The third-order valence-corrected chi connectivity index (χ3v) is 9.82. The van der Waals surface area contributed by atoms with Crippen LogP contribution in [0.2, 0.25) is 0 Å². The van der Waals surface area contributed by atoms with E-state index in [1.807, 2.05) is 65.6 Å². The lowest BCUT2D eigenvalue weighted by atomic mass is 9.87. The lowest BCUT2D eigenvalue weighted by Gasteiger charge is -2.33. The average Bonchev–Trinajstić information content (AvgIpc) is 3.52. The van der Waals surface area contributed by atoms with Gasteiger partial charge in [0.25, 0.3) is 5.91 Å². The van der Waals surface area contributed by atoms with Crippen molar-refractivity contribution in [3.8, 4) is 11.5 Å². The van der Waals surface area contributed by atoms with Gasteiger partial charge in [-0.2, -0.15) is 0 Å². The van der Waals surface area contributed by atoms with Gasteiger partial charge in [-0.1, -0.05) is 36.4 Å². The first-order valence-corrected chi connectivity index (χ1v) is 17.9. The highest BCUT2D eigenvalue weighted by Crippen LogP contribution is 2.48. The van der Waals surface area contributed by atoms with E-state index in [0.717, 1.165) is 16.7 Å². The molecule has 0 fully saturated rings. The number of benzene rings is 3. The van der Waals surface area contributed by atoms with Gasteiger partial charge < -0.3 is 34.6 Å². The summed E-state index contributed by atoms with van der Waals surface area (Å²) < 4.78 is 12.0. The number of aliphatic hydroxyl groups excluding tert-OH is 1. The van der Waals surface area contributed by atoms with E-state index >= 15 is 0 Å². The summed E-state index contributed by atoms with van der Waals surface area (Å²) in [7, 11) is 1.60. The molecule has 272 valence electrons. The number of carbonyl (C=O) groups excluding carboxylic acids is 4. The molecule has 2 aliphatic heterocycles. The standard InChI is InChI=1S/C40H50N4O7/c1-28(46)42-21-7-8-22-43(23-9-20-41-39(48)31-11-5-4-6-12-31)40(49)37-34-27-32(35(19-26-45)44(29(2)47)25-10-24-42)15-18-36(34)51-38(37)30-13-16-33(50-3)17-14-30/h4-6,11-18,27,35,37-38,45H,7-10,19-26H2,1-3H3,(H,41,48)/t35-,37-,38+/m0/s1. The summed E-state index contributed by atoms with van der Waals surface area (Å²) in [5, 5.41) is 13.1. The van der Waals surface area contributed by atoms with E-state index in [4.69, 9.17) is 9.47 Å². The zero-order chi connectivity index (χ0) is 36.3. The Morgan fingerprint density at radius 3 is 2.27 bits per heavy atom. The molecule has 0 aromatic heterocycles. The minimum absolute atomic E-state index is 0.0369. The number of nitrogens with zero attached hydrogens (tertiary/aromatic N) is 3. The monoisotopic (exact) mass is 698 g/mol. The van der Waals surface area contributed by atoms with E-state index < -0.39 is 18.1 Å². The van der Waals surface area contributed by atoms with Crippen molar-refractivity contribution in [3.05, 3.63) is 95.1 Å². The molecule has 11 nitrogen and oxygen atoms in total. The van der Waals surface area contributed by atoms with Crippen LogP contribution < -0.4 is 14.8 Å². The van der Waals surface area contributed by atoms with Crippen molar-refractivity contribution in [2.45, 2.75) is 64.0 Å². The summed E-state index contributed by atoms with van der Waals surface area (Å²) in [6, 6.07) is 21.9. The molecule has 4 amide bonds. The lowest BCUT2D eigenvalue weighted by molar-refractivity contribution is -0.135. The number of aliphatic hydroxyl groups is 1. The van der Waals surface area contributed by atoms with E-state index in [2.05, 4.69) is 5.32 Å². The molecule has 0 saturated heterocycles. The molecule has 2 heterocycles. The predicted molar refractivity (Wildman–Crippen MR) is 193 cm³/mol.